The van der Waals surface area contributed by atoms with Crippen LogP contribution < -0.4 is 0 Å². The van der Waals surface area contributed by atoms with Gasteiger partial charge in [-0.2, -0.15) is 11.8 Å². The molecular formula is C20H22N2OS. The third kappa shape index (κ3) is 2.95. The average Bonchev–Trinajstić information content (AvgIpc) is 3.43. The second-order valence-electron chi connectivity index (χ2n) is 6.70. The van der Waals surface area contributed by atoms with Crippen molar-refractivity contribution >= 4 is 17.7 Å². The Morgan fingerprint density at radius 1 is 1.17 bits per heavy atom. The fourth-order valence-corrected chi connectivity index (χ4v) is 4.97. The van der Waals surface area contributed by atoms with Crippen molar-refractivity contribution in [1.82, 2.24) is 9.88 Å². The van der Waals surface area contributed by atoms with Crippen molar-refractivity contribution in [3.05, 3.63) is 66.0 Å². The van der Waals surface area contributed by atoms with Crippen LogP contribution in [-0.4, -0.2) is 33.3 Å². The molecule has 0 spiro atoms. The number of rotatable bonds is 3. The van der Waals surface area contributed by atoms with Gasteiger partial charge in [-0.3, -0.25) is 9.78 Å². The third-order valence-corrected chi connectivity index (χ3v) is 6.34. The van der Waals surface area contributed by atoms with Crippen molar-refractivity contribution in [2.45, 2.75) is 30.6 Å². The maximum absolute atomic E-state index is 13.2. The summed E-state index contributed by atoms with van der Waals surface area (Å²) in [6.07, 6.45) is 4.66. The van der Waals surface area contributed by atoms with E-state index in [0.717, 1.165) is 18.7 Å². The minimum Gasteiger partial charge on any atom is -0.333 e. The van der Waals surface area contributed by atoms with E-state index < -0.39 is 0 Å². The van der Waals surface area contributed by atoms with E-state index in [2.05, 4.69) is 47.1 Å². The molecule has 0 bridgehead atoms. The van der Waals surface area contributed by atoms with Gasteiger partial charge in [0.1, 0.15) is 0 Å². The Labute approximate surface area is 147 Å². The van der Waals surface area contributed by atoms with Gasteiger partial charge < -0.3 is 4.90 Å². The van der Waals surface area contributed by atoms with Crippen LogP contribution in [0.5, 0.6) is 0 Å². The molecule has 0 unspecified atom stereocenters. The molecule has 0 radical (unpaired) electrons. The molecule has 1 aliphatic heterocycles. The second kappa shape index (κ2) is 6.60. The number of nitrogens with zero attached hydrogens (tertiary/aromatic N) is 2. The molecule has 1 aliphatic carbocycles. The Morgan fingerprint density at radius 3 is 2.71 bits per heavy atom. The Balaban J connectivity index is 1.54. The summed E-state index contributed by atoms with van der Waals surface area (Å²) >= 11 is 1.97. The zero-order chi connectivity index (χ0) is 16.5. The van der Waals surface area contributed by atoms with Gasteiger partial charge in [-0.15, -0.1) is 0 Å². The van der Waals surface area contributed by atoms with Crippen molar-refractivity contribution in [3.8, 4) is 0 Å². The van der Waals surface area contributed by atoms with Crippen LogP contribution in [0, 0.1) is 5.92 Å². The molecule has 124 valence electrons. The normalized spacial score (nSPS) is 29.3. The van der Waals surface area contributed by atoms with Gasteiger partial charge in [-0.1, -0.05) is 43.3 Å². The van der Waals surface area contributed by atoms with Crippen molar-refractivity contribution in [2.24, 2.45) is 5.92 Å². The quantitative estimate of drug-likeness (QED) is 0.851. The van der Waals surface area contributed by atoms with Gasteiger partial charge in [0.2, 0.25) is 5.91 Å². The highest BCUT2D eigenvalue weighted by Crippen LogP contribution is 2.50. The van der Waals surface area contributed by atoms with E-state index >= 15 is 0 Å². The Kier molecular flexibility index (Phi) is 4.31. The van der Waals surface area contributed by atoms with Gasteiger partial charge in [0.25, 0.3) is 0 Å². The number of benzene rings is 1. The summed E-state index contributed by atoms with van der Waals surface area (Å²) in [6, 6.07) is 14.7. The van der Waals surface area contributed by atoms with Crippen LogP contribution in [0.15, 0.2) is 54.9 Å². The van der Waals surface area contributed by atoms with E-state index in [1.165, 1.54) is 11.1 Å². The SMILES string of the molecule is C[C@@H]1SCCN(C(=O)[C@@H]2C[C@H]2c2cccnc2)[C@@H]1c1ccccc1. The van der Waals surface area contributed by atoms with Gasteiger partial charge in [0.15, 0.2) is 0 Å². The first-order valence-electron chi connectivity index (χ1n) is 8.62. The molecule has 1 amide bonds. The van der Waals surface area contributed by atoms with Gasteiger partial charge >= 0.3 is 0 Å². The van der Waals surface area contributed by atoms with E-state index in [4.69, 9.17) is 0 Å². The highest BCUT2D eigenvalue weighted by Gasteiger charge is 2.48. The fraction of sp³-hybridized carbons (Fsp3) is 0.400. The summed E-state index contributed by atoms with van der Waals surface area (Å²) in [4.78, 5) is 19.5. The largest absolute Gasteiger partial charge is 0.333 e. The number of amides is 1. The lowest BCUT2D eigenvalue weighted by atomic mass is 10.0. The molecule has 4 heteroatoms. The Morgan fingerprint density at radius 2 is 1.96 bits per heavy atom. The molecular weight excluding hydrogens is 316 g/mol. The van der Waals surface area contributed by atoms with Crippen LogP contribution in [-0.2, 0) is 4.79 Å². The predicted molar refractivity (Wildman–Crippen MR) is 97.9 cm³/mol. The summed E-state index contributed by atoms with van der Waals surface area (Å²) in [5, 5.41) is 0.431. The summed E-state index contributed by atoms with van der Waals surface area (Å²) in [6.45, 7) is 3.09. The molecule has 24 heavy (non-hydrogen) atoms. The fourth-order valence-electron chi connectivity index (χ4n) is 3.81. The topological polar surface area (TPSA) is 33.2 Å². The zero-order valence-corrected chi connectivity index (χ0v) is 14.7. The number of hydrogen-bond acceptors (Lipinski definition) is 3. The van der Waals surface area contributed by atoms with Crippen LogP contribution in [0.1, 0.15) is 36.4 Å². The molecule has 2 fully saturated rings. The van der Waals surface area contributed by atoms with Gasteiger partial charge in [-0.05, 0) is 29.5 Å². The summed E-state index contributed by atoms with van der Waals surface area (Å²) in [7, 11) is 0. The van der Waals surface area contributed by atoms with E-state index in [1.807, 2.05) is 30.1 Å². The summed E-state index contributed by atoms with van der Waals surface area (Å²) < 4.78 is 0. The lowest BCUT2D eigenvalue weighted by Gasteiger charge is -2.40. The van der Waals surface area contributed by atoms with Crippen LogP contribution in [0.4, 0.5) is 0 Å². The molecule has 4 rings (SSSR count). The van der Waals surface area contributed by atoms with Gasteiger partial charge in [0, 0.05) is 35.9 Å². The summed E-state index contributed by atoms with van der Waals surface area (Å²) in [5.74, 6) is 1.84. The lowest BCUT2D eigenvalue weighted by Crippen LogP contribution is -2.44. The first kappa shape index (κ1) is 15.7. The van der Waals surface area contributed by atoms with Crippen molar-refractivity contribution in [1.29, 1.82) is 0 Å². The molecule has 1 aromatic carbocycles. The molecule has 2 aliphatic rings. The van der Waals surface area contributed by atoms with Crippen molar-refractivity contribution in [3.63, 3.8) is 0 Å². The molecule has 1 saturated heterocycles. The third-order valence-electron chi connectivity index (χ3n) is 5.14. The second-order valence-corrected chi connectivity index (χ2v) is 8.18. The maximum Gasteiger partial charge on any atom is 0.226 e. The molecule has 0 N–H and O–H groups in total. The number of carbonyl (C=O) groups is 1. The average molecular weight is 338 g/mol. The molecule has 2 aromatic rings. The lowest BCUT2D eigenvalue weighted by molar-refractivity contribution is -0.135. The van der Waals surface area contributed by atoms with Crippen molar-refractivity contribution in [2.75, 3.05) is 12.3 Å². The maximum atomic E-state index is 13.2. The van der Waals surface area contributed by atoms with Crippen LogP contribution in [0.2, 0.25) is 0 Å². The number of aromatic nitrogens is 1. The highest BCUT2D eigenvalue weighted by atomic mass is 32.2. The van der Waals surface area contributed by atoms with E-state index in [9.17, 15) is 4.79 Å². The number of pyridine rings is 1. The van der Waals surface area contributed by atoms with Gasteiger partial charge in [0.05, 0.1) is 6.04 Å². The predicted octanol–water partition coefficient (Wildman–Crippen LogP) is 3.89. The van der Waals surface area contributed by atoms with E-state index in [-0.39, 0.29) is 12.0 Å². The first-order valence-corrected chi connectivity index (χ1v) is 9.67. The van der Waals surface area contributed by atoms with Crippen molar-refractivity contribution < 1.29 is 4.79 Å². The molecule has 4 atom stereocenters. The Hall–Kier alpha value is -1.81. The minimum atomic E-state index is 0.135. The minimum absolute atomic E-state index is 0.135. The Bertz CT molecular complexity index is 706. The molecule has 1 aromatic heterocycles. The first-order chi connectivity index (χ1) is 11.8. The number of carbonyl (C=O) groups excluding carboxylic acids is 1. The zero-order valence-electron chi connectivity index (χ0n) is 13.8. The number of hydrogen-bond donors (Lipinski definition) is 0. The van der Waals surface area contributed by atoms with Crippen LogP contribution in [0.3, 0.4) is 0 Å². The highest BCUT2D eigenvalue weighted by molar-refractivity contribution is 8.00. The monoisotopic (exact) mass is 338 g/mol. The van der Waals surface area contributed by atoms with Crippen LogP contribution in [0.25, 0.3) is 0 Å². The summed E-state index contributed by atoms with van der Waals surface area (Å²) in [5.41, 5.74) is 2.45. The van der Waals surface area contributed by atoms with E-state index in [1.54, 1.807) is 6.20 Å². The number of thioether (sulfide) groups is 1. The molecule has 3 nitrogen and oxygen atoms in total. The standard InChI is InChI=1S/C20H22N2OS/c1-14-19(15-6-3-2-4-7-15)22(10-11-24-14)20(23)18-12-17(18)16-8-5-9-21-13-16/h2-9,13-14,17-19H,10-12H2,1H3/t14-,17-,18+,19-/m0/s1. The van der Waals surface area contributed by atoms with E-state index in [0.29, 0.717) is 17.1 Å². The van der Waals surface area contributed by atoms with Gasteiger partial charge in [-0.25, -0.2) is 0 Å². The molecule has 2 heterocycles. The molecule has 1 saturated carbocycles. The van der Waals surface area contributed by atoms with Crippen LogP contribution >= 0.6 is 11.8 Å². The smallest absolute Gasteiger partial charge is 0.226 e.